The van der Waals surface area contributed by atoms with E-state index in [9.17, 15) is 19.2 Å². The third-order valence-electron chi connectivity index (χ3n) is 4.40. The number of Topliss-reactive ketones (excluding diaryl/α,β-unsaturated/α-hetero) is 3. The zero-order chi connectivity index (χ0) is 22.6. The number of ketones is 3. The summed E-state index contributed by atoms with van der Waals surface area (Å²) in [6, 6.07) is -2.06. The average Bonchev–Trinajstić information content (AvgIpc) is 2.63. The molecule has 0 aliphatic heterocycles. The van der Waals surface area contributed by atoms with Gasteiger partial charge in [-0.25, -0.2) is 10.9 Å². The molecule has 10 N–H and O–H groups in total. The Labute approximate surface area is 172 Å². The first-order valence-corrected chi connectivity index (χ1v) is 9.81. The maximum Gasteiger partial charge on any atom is 0.286 e. The molecule has 1 amide bonds. The van der Waals surface area contributed by atoms with E-state index in [1.54, 1.807) is 14.0 Å². The highest BCUT2D eigenvalue weighted by Gasteiger charge is 2.27. The van der Waals surface area contributed by atoms with Gasteiger partial charge in [-0.15, -0.1) is 0 Å². The predicted molar refractivity (Wildman–Crippen MR) is 110 cm³/mol. The second-order valence-corrected chi connectivity index (χ2v) is 7.49. The molecule has 0 radical (unpaired) electrons. The van der Waals surface area contributed by atoms with Gasteiger partial charge in [-0.05, 0) is 45.7 Å². The molecule has 0 aromatic rings. The van der Waals surface area contributed by atoms with Gasteiger partial charge >= 0.3 is 0 Å². The fourth-order valence-corrected chi connectivity index (χ4v) is 2.57. The van der Waals surface area contributed by atoms with Crippen molar-refractivity contribution in [2.75, 3.05) is 13.6 Å². The van der Waals surface area contributed by atoms with E-state index in [0.717, 1.165) is 0 Å². The van der Waals surface area contributed by atoms with Crippen LogP contribution in [0.15, 0.2) is 0 Å². The second kappa shape index (κ2) is 14.3. The van der Waals surface area contributed by atoms with Crippen molar-refractivity contribution in [1.82, 2.24) is 21.5 Å². The summed E-state index contributed by atoms with van der Waals surface area (Å²) >= 11 is 0. The molecule has 0 bridgehead atoms. The number of likely N-dealkylation sites (N-methyl/N-ethyl adjacent to an activating group) is 1. The lowest BCUT2D eigenvalue weighted by Gasteiger charge is -2.24. The number of nitrogens with two attached hydrogens (primary N) is 3. The molecule has 29 heavy (non-hydrogen) atoms. The molecule has 0 spiro atoms. The van der Waals surface area contributed by atoms with Crippen LogP contribution in [-0.4, -0.2) is 61.3 Å². The summed E-state index contributed by atoms with van der Waals surface area (Å²) in [5.41, 5.74) is 21.6. The van der Waals surface area contributed by atoms with E-state index in [2.05, 4.69) is 21.5 Å². The van der Waals surface area contributed by atoms with E-state index in [1.807, 2.05) is 13.8 Å². The summed E-state index contributed by atoms with van der Waals surface area (Å²) in [6.07, 6.45) is 0.339. The van der Waals surface area contributed by atoms with Crippen molar-refractivity contribution < 1.29 is 19.2 Å². The maximum absolute atomic E-state index is 12.6. The summed E-state index contributed by atoms with van der Waals surface area (Å²) in [6.45, 7) is 5.93. The molecular weight excluding hydrogens is 378 g/mol. The van der Waals surface area contributed by atoms with Crippen LogP contribution in [0.2, 0.25) is 0 Å². The van der Waals surface area contributed by atoms with Gasteiger partial charge in [-0.3, -0.25) is 24.5 Å². The van der Waals surface area contributed by atoms with Gasteiger partial charge in [0, 0.05) is 0 Å². The van der Waals surface area contributed by atoms with E-state index in [1.165, 1.54) is 0 Å². The fraction of sp³-hybridized carbons (Fsp3) is 0.778. The Morgan fingerprint density at radius 3 is 2.00 bits per heavy atom. The number of amides is 1. The minimum Gasteiger partial charge on any atom is -0.363 e. The van der Waals surface area contributed by atoms with Crippen LogP contribution in [0.25, 0.3) is 0 Å². The fourth-order valence-electron chi connectivity index (χ4n) is 2.57. The molecule has 168 valence electrons. The maximum atomic E-state index is 12.6. The smallest absolute Gasteiger partial charge is 0.286 e. The van der Waals surface area contributed by atoms with E-state index >= 15 is 0 Å². The standard InChI is InChI=1S/C18H37N7O4/c1-10(2)8-13(16(28)17(19)29)25-24-12(6-5-7-23-18(20)21)15(27)9-14(26)11(3)22-4/h10-13,18,22-25H,5-9,20-21H2,1-4H3,(H2,19,29)/t11-,12-,13-/m0/s1. The molecular formula is C18H37N7O4. The molecule has 0 unspecified atom stereocenters. The Morgan fingerprint density at radius 1 is 0.931 bits per heavy atom. The van der Waals surface area contributed by atoms with Crippen molar-refractivity contribution in [2.45, 2.75) is 70.9 Å². The van der Waals surface area contributed by atoms with Crippen LogP contribution in [-0.2, 0) is 19.2 Å². The number of nitrogens with one attached hydrogen (secondary N) is 4. The molecule has 0 aromatic carbocycles. The quantitative estimate of drug-likeness (QED) is 0.0443. The number of hydrogen-bond donors (Lipinski definition) is 7. The van der Waals surface area contributed by atoms with Crippen LogP contribution in [0.4, 0.5) is 0 Å². The van der Waals surface area contributed by atoms with E-state index in [0.29, 0.717) is 25.8 Å². The highest BCUT2D eigenvalue weighted by Crippen LogP contribution is 2.07. The summed E-state index contributed by atoms with van der Waals surface area (Å²) in [4.78, 5) is 48.1. The lowest BCUT2D eigenvalue weighted by Crippen LogP contribution is -2.55. The Bertz CT molecular complexity index is 554. The Balaban J connectivity index is 5.09. The molecule has 11 nitrogen and oxygen atoms in total. The van der Waals surface area contributed by atoms with Crippen molar-refractivity contribution in [3.05, 3.63) is 0 Å². The monoisotopic (exact) mass is 415 g/mol. The number of rotatable bonds is 17. The van der Waals surface area contributed by atoms with Crippen LogP contribution in [0.5, 0.6) is 0 Å². The van der Waals surface area contributed by atoms with Crippen molar-refractivity contribution in [3.8, 4) is 0 Å². The van der Waals surface area contributed by atoms with Gasteiger partial charge in [0.15, 0.2) is 11.6 Å². The summed E-state index contributed by atoms with van der Waals surface area (Å²) in [5, 5.41) is 5.64. The molecule has 0 rings (SSSR count). The van der Waals surface area contributed by atoms with Gasteiger partial charge in [-0.2, -0.15) is 0 Å². The van der Waals surface area contributed by atoms with Crippen molar-refractivity contribution >= 4 is 23.3 Å². The van der Waals surface area contributed by atoms with Gasteiger partial charge in [0.05, 0.1) is 24.5 Å². The molecule has 3 atom stereocenters. The highest BCUT2D eigenvalue weighted by molar-refractivity contribution is 6.37. The first-order valence-electron chi connectivity index (χ1n) is 9.81. The van der Waals surface area contributed by atoms with Gasteiger partial charge < -0.3 is 22.5 Å². The minimum atomic E-state index is -1.05. The number of carbonyl (C=O) groups is 4. The summed E-state index contributed by atoms with van der Waals surface area (Å²) in [7, 11) is 1.64. The molecule has 0 fully saturated rings. The van der Waals surface area contributed by atoms with E-state index in [4.69, 9.17) is 17.2 Å². The van der Waals surface area contributed by atoms with Crippen LogP contribution >= 0.6 is 0 Å². The minimum absolute atomic E-state index is 0.111. The molecule has 0 heterocycles. The number of hydrogen-bond acceptors (Lipinski definition) is 10. The first kappa shape index (κ1) is 27.2. The highest BCUT2D eigenvalue weighted by atomic mass is 16.2. The number of carbonyl (C=O) groups excluding carboxylic acids is 4. The molecule has 0 aliphatic rings. The van der Waals surface area contributed by atoms with E-state index < -0.39 is 36.1 Å². The number of hydrazine groups is 1. The molecule has 0 saturated heterocycles. The predicted octanol–water partition coefficient (Wildman–Crippen LogP) is -2.37. The van der Waals surface area contributed by atoms with Gasteiger partial charge in [0.2, 0.25) is 5.78 Å². The van der Waals surface area contributed by atoms with Crippen LogP contribution in [0.3, 0.4) is 0 Å². The van der Waals surface area contributed by atoms with Crippen molar-refractivity contribution in [3.63, 3.8) is 0 Å². The van der Waals surface area contributed by atoms with E-state index in [-0.39, 0.29) is 23.9 Å². The third-order valence-corrected chi connectivity index (χ3v) is 4.40. The normalized spacial score (nSPS) is 14.6. The van der Waals surface area contributed by atoms with Crippen molar-refractivity contribution in [2.24, 2.45) is 23.1 Å². The Kier molecular flexibility index (Phi) is 13.4. The second-order valence-electron chi connectivity index (χ2n) is 7.49. The first-order chi connectivity index (χ1) is 13.5. The summed E-state index contributed by atoms with van der Waals surface area (Å²) < 4.78 is 0. The van der Waals surface area contributed by atoms with Crippen LogP contribution in [0.1, 0.15) is 46.5 Å². The Hall–Kier alpha value is -1.76. The lowest BCUT2D eigenvalue weighted by atomic mass is 9.99. The zero-order valence-corrected chi connectivity index (χ0v) is 17.8. The Morgan fingerprint density at radius 2 is 1.52 bits per heavy atom. The SMILES string of the molecule is CN[C@@H](C)C(=O)CC(=O)[C@H](CCCNC(N)N)NN[C@@H](CC(C)C)C(=O)C(N)=O. The van der Waals surface area contributed by atoms with Crippen LogP contribution < -0.4 is 38.7 Å². The van der Waals surface area contributed by atoms with Crippen molar-refractivity contribution in [1.29, 1.82) is 0 Å². The zero-order valence-electron chi connectivity index (χ0n) is 17.8. The van der Waals surface area contributed by atoms with Gasteiger partial charge in [0.1, 0.15) is 6.29 Å². The van der Waals surface area contributed by atoms with Gasteiger partial charge in [-0.1, -0.05) is 13.8 Å². The molecule has 0 aliphatic carbocycles. The molecule has 11 heteroatoms. The number of primary amides is 1. The third kappa shape index (κ3) is 11.7. The average molecular weight is 416 g/mol. The lowest BCUT2D eigenvalue weighted by molar-refractivity contribution is -0.137. The molecule has 0 saturated carbocycles. The largest absolute Gasteiger partial charge is 0.363 e. The van der Waals surface area contributed by atoms with Crippen LogP contribution in [0, 0.1) is 5.92 Å². The molecule has 0 aromatic heterocycles. The van der Waals surface area contributed by atoms with Gasteiger partial charge in [0.25, 0.3) is 5.91 Å². The topological polar surface area (TPSA) is 194 Å². The summed E-state index contributed by atoms with van der Waals surface area (Å²) in [5.74, 6) is -2.27.